The van der Waals surface area contributed by atoms with Crippen molar-refractivity contribution in [2.75, 3.05) is 0 Å². The molecule has 18 heavy (non-hydrogen) atoms. The van der Waals surface area contributed by atoms with Gasteiger partial charge in [0.2, 0.25) is 5.78 Å². The fourth-order valence-electron chi connectivity index (χ4n) is 1.75. The molecule has 0 aliphatic heterocycles. The highest BCUT2D eigenvalue weighted by Gasteiger charge is 2.15. The minimum absolute atomic E-state index is 0.00901. The van der Waals surface area contributed by atoms with Crippen LogP contribution in [0.25, 0.3) is 0 Å². The van der Waals surface area contributed by atoms with Crippen LogP contribution in [-0.4, -0.2) is 20.5 Å². The molecule has 4 nitrogen and oxygen atoms in total. The van der Waals surface area contributed by atoms with Crippen LogP contribution in [0.4, 0.5) is 4.39 Å². The van der Waals surface area contributed by atoms with Gasteiger partial charge in [0.1, 0.15) is 12.1 Å². The van der Waals surface area contributed by atoms with Gasteiger partial charge in [-0.1, -0.05) is 25.1 Å². The Morgan fingerprint density at radius 1 is 1.39 bits per heavy atom. The first kappa shape index (κ1) is 12.4. The Morgan fingerprint density at radius 2 is 2.17 bits per heavy atom. The summed E-state index contributed by atoms with van der Waals surface area (Å²) in [5, 5.41) is 3.98. The number of hydrogen-bond donors (Lipinski definition) is 0. The van der Waals surface area contributed by atoms with Crippen LogP contribution in [0, 0.1) is 5.82 Å². The zero-order valence-corrected chi connectivity index (χ0v) is 10.1. The number of halogens is 1. The topological polar surface area (TPSA) is 47.8 Å². The Balaban J connectivity index is 2.17. The first-order valence-electron chi connectivity index (χ1n) is 5.86. The molecule has 1 aromatic heterocycles. The van der Waals surface area contributed by atoms with Gasteiger partial charge in [-0.2, -0.15) is 5.10 Å². The van der Waals surface area contributed by atoms with Crippen molar-refractivity contribution in [3.63, 3.8) is 0 Å². The van der Waals surface area contributed by atoms with Gasteiger partial charge in [0.15, 0.2) is 5.82 Å². The van der Waals surface area contributed by atoms with E-state index in [1.807, 2.05) is 6.92 Å². The van der Waals surface area contributed by atoms with Gasteiger partial charge in [0.25, 0.3) is 0 Å². The molecule has 0 amide bonds. The Bertz CT molecular complexity index is 551. The minimum atomic E-state index is -0.368. The van der Waals surface area contributed by atoms with Crippen LogP contribution < -0.4 is 0 Å². The highest BCUT2D eigenvalue weighted by molar-refractivity contribution is 5.94. The summed E-state index contributed by atoms with van der Waals surface area (Å²) in [6, 6.07) is 6.26. The maximum Gasteiger partial charge on any atom is 0.204 e. The summed E-state index contributed by atoms with van der Waals surface area (Å²) in [5.74, 6) is -0.293. The Hall–Kier alpha value is -2.04. The lowest BCUT2D eigenvalue weighted by atomic mass is 10.1. The van der Waals surface area contributed by atoms with Gasteiger partial charge in [-0.25, -0.2) is 14.1 Å². The third-order valence-corrected chi connectivity index (χ3v) is 2.61. The number of carbonyl (C=O) groups excluding carboxylic acids is 1. The van der Waals surface area contributed by atoms with E-state index in [1.54, 1.807) is 22.9 Å². The average molecular weight is 247 g/mol. The van der Waals surface area contributed by atoms with Gasteiger partial charge in [0.05, 0.1) is 0 Å². The number of carbonyl (C=O) groups is 1. The summed E-state index contributed by atoms with van der Waals surface area (Å²) in [6.07, 6.45) is 2.22. The van der Waals surface area contributed by atoms with Crippen molar-refractivity contribution in [3.05, 3.63) is 47.8 Å². The highest BCUT2D eigenvalue weighted by Crippen LogP contribution is 2.10. The Morgan fingerprint density at radius 3 is 2.89 bits per heavy atom. The van der Waals surface area contributed by atoms with Crippen molar-refractivity contribution in [3.8, 4) is 0 Å². The van der Waals surface area contributed by atoms with Crippen LogP contribution in [0.15, 0.2) is 30.6 Å². The zero-order chi connectivity index (χ0) is 13.0. The van der Waals surface area contributed by atoms with Gasteiger partial charge in [-0.05, 0) is 18.1 Å². The van der Waals surface area contributed by atoms with Gasteiger partial charge in [-0.15, -0.1) is 0 Å². The minimum Gasteiger partial charge on any atom is -0.290 e. The number of aryl methyl sites for hydroxylation is 1. The predicted molar refractivity (Wildman–Crippen MR) is 64.7 cm³/mol. The molecule has 1 aromatic carbocycles. The Labute approximate surface area is 104 Å². The highest BCUT2D eigenvalue weighted by atomic mass is 19.1. The molecule has 0 saturated carbocycles. The SMILES string of the molecule is CCCn1ncnc1C(=O)Cc1ccccc1F. The van der Waals surface area contributed by atoms with Crippen LogP contribution in [0.5, 0.6) is 0 Å². The van der Waals surface area contributed by atoms with Gasteiger partial charge in [-0.3, -0.25) is 4.79 Å². The second-order valence-corrected chi connectivity index (χ2v) is 4.00. The summed E-state index contributed by atoms with van der Waals surface area (Å²) in [4.78, 5) is 16.0. The van der Waals surface area contributed by atoms with E-state index in [0.29, 0.717) is 17.9 Å². The second-order valence-electron chi connectivity index (χ2n) is 4.00. The van der Waals surface area contributed by atoms with Crippen molar-refractivity contribution in [2.24, 2.45) is 0 Å². The molecular formula is C13H14FN3O. The number of nitrogens with zero attached hydrogens (tertiary/aromatic N) is 3. The van der Waals surface area contributed by atoms with Gasteiger partial charge >= 0.3 is 0 Å². The molecule has 2 aromatic rings. The maximum absolute atomic E-state index is 13.4. The van der Waals surface area contributed by atoms with Gasteiger partial charge in [0, 0.05) is 13.0 Å². The van der Waals surface area contributed by atoms with E-state index in [1.165, 1.54) is 12.4 Å². The number of aromatic nitrogens is 3. The standard InChI is InChI=1S/C13H14FN3O/c1-2-7-17-13(15-9-16-17)12(18)8-10-5-3-4-6-11(10)14/h3-6,9H,2,7-8H2,1H3. The van der Waals surface area contributed by atoms with Crippen molar-refractivity contribution in [1.29, 1.82) is 0 Å². The second kappa shape index (κ2) is 5.53. The lowest BCUT2D eigenvalue weighted by Gasteiger charge is -2.04. The molecule has 0 spiro atoms. The maximum atomic E-state index is 13.4. The summed E-state index contributed by atoms with van der Waals surface area (Å²) >= 11 is 0. The quantitative estimate of drug-likeness (QED) is 0.761. The lowest BCUT2D eigenvalue weighted by Crippen LogP contribution is -2.14. The monoisotopic (exact) mass is 247 g/mol. The molecule has 0 aliphatic carbocycles. The normalized spacial score (nSPS) is 10.6. The van der Waals surface area contributed by atoms with Crippen molar-refractivity contribution < 1.29 is 9.18 Å². The molecule has 0 fully saturated rings. The molecule has 0 atom stereocenters. The van der Waals surface area contributed by atoms with E-state index >= 15 is 0 Å². The first-order valence-corrected chi connectivity index (χ1v) is 5.86. The summed E-state index contributed by atoms with van der Waals surface area (Å²) in [7, 11) is 0. The van der Waals surface area contributed by atoms with E-state index < -0.39 is 0 Å². The van der Waals surface area contributed by atoms with Crippen molar-refractivity contribution in [1.82, 2.24) is 14.8 Å². The molecule has 5 heteroatoms. The largest absolute Gasteiger partial charge is 0.290 e. The average Bonchev–Trinajstić information content (AvgIpc) is 2.81. The van der Waals surface area contributed by atoms with E-state index in [4.69, 9.17) is 0 Å². The van der Waals surface area contributed by atoms with E-state index in [0.717, 1.165) is 6.42 Å². The number of hydrogen-bond acceptors (Lipinski definition) is 3. The number of rotatable bonds is 5. The molecule has 0 saturated heterocycles. The lowest BCUT2D eigenvalue weighted by molar-refractivity contribution is 0.0976. The van der Waals surface area contributed by atoms with E-state index in [2.05, 4.69) is 10.1 Å². The van der Waals surface area contributed by atoms with Gasteiger partial charge < -0.3 is 0 Å². The van der Waals surface area contributed by atoms with Crippen LogP contribution in [0.3, 0.4) is 0 Å². The van der Waals surface area contributed by atoms with E-state index in [-0.39, 0.29) is 18.0 Å². The number of benzene rings is 1. The molecule has 0 bridgehead atoms. The van der Waals surface area contributed by atoms with Crippen molar-refractivity contribution in [2.45, 2.75) is 26.3 Å². The summed E-state index contributed by atoms with van der Waals surface area (Å²) in [6.45, 7) is 2.63. The molecular weight excluding hydrogens is 233 g/mol. The van der Waals surface area contributed by atoms with E-state index in [9.17, 15) is 9.18 Å². The molecule has 0 unspecified atom stereocenters. The van der Waals surface area contributed by atoms with Crippen LogP contribution in [0.2, 0.25) is 0 Å². The summed E-state index contributed by atoms with van der Waals surface area (Å²) in [5.41, 5.74) is 0.383. The molecule has 0 radical (unpaired) electrons. The predicted octanol–water partition coefficient (Wildman–Crippen LogP) is 2.25. The van der Waals surface area contributed by atoms with Crippen LogP contribution in [0.1, 0.15) is 29.5 Å². The smallest absolute Gasteiger partial charge is 0.204 e. The molecule has 1 heterocycles. The fourth-order valence-corrected chi connectivity index (χ4v) is 1.75. The Kier molecular flexibility index (Phi) is 3.82. The molecule has 94 valence electrons. The number of Topliss-reactive ketones (excluding diaryl/α,β-unsaturated/α-hetero) is 1. The van der Waals surface area contributed by atoms with Crippen LogP contribution >= 0.6 is 0 Å². The molecule has 0 N–H and O–H groups in total. The molecule has 0 aliphatic rings. The third kappa shape index (κ3) is 2.61. The first-order chi connectivity index (χ1) is 8.72. The van der Waals surface area contributed by atoms with Crippen molar-refractivity contribution >= 4 is 5.78 Å². The summed E-state index contributed by atoms with van der Waals surface area (Å²) < 4.78 is 15.0. The molecule has 2 rings (SSSR count). The third-order valence-electron chi connectivity index (χ3n) is 2.61. The zero-order valence-electron chi connectivity index (χ0n) is 10.1. The number of ketones is 1. The fraction of sp³-hybridized carbons (Fsp3) is 0.308. The van der Waals surface area contributed by atoms with Crippen LogP contribution in [-0.2, 0) is 13.0 Å².